The number of rotatable bonds is 1. The number of hydrogen-bond donors (Lipinski definition) is 1. The SMILES string of the molecule is C[C@@H]1CN(C2=NC(=O)/C(=C/c3ccccc3O)S2)C[C@@H](C)O1. The van der Waals surface area contributed by atoms with Gasteiger partial charge in [0, 0.05) is 18.7 Å². The molecule has 2 heterocycles. The number of nitrogens with zero attached hydrogens (tertiary/aromatic N) is 2. The fourth-order valence-electron chi connectivity index (χ4n) is 2.62. The Morgan fingerprint density at radius 2 is 2.00 bits per heavy atom. The highest BCUT2D eigenvalue weighted by Crippen LogP contribution is 2.32. The summed E-state index contributed by atoms with van der Waals surface area (Å²) in [6, 6.07) is 6.94. The zero-order chi connectivity index (χ0) is 15.7. The number of carbonyl (C=O) groups excluding carboxylic acids is 1. The van der Waals surface area contributed by atoms with Crippen LogP contribution in [0.5, 0.6) is 5.75 Å². The second kappa shape index (κ2) is 6.14. The third-order valence-electron chi connectivity index (χ3n) is 3.52. The number of benzene rings is 1. The van der Waals surface area contributed by atoms with E-state index < -0.39 is 0 Å². The molecule has 2 atom stereocenters. The summed E-state index contributed by atoms with van der Waals surface area (Å²) in [6.45, 7) is 5.49. The van der Waals surface area contributed by atoms with Crippen LogP contribution in [0.1, 0.15) is 19.4 Å². The number of thioether (sulfide) groups is 1. The molecule has 0 aliphatic carbocycles. The Morgan fingerprint density at radius 1 is 1.32 bits per heavy atom. The van der Waals surface area contributed by atoms with Crippen LogP contribution in [0.2, 0.25) is 0 Å². The average Bonchev–Trinajstić information content (AvgIpc) is 2.82. The van der Waals surface area contributed by atoms with Gasteiger partial charge in [0.2, 0.25) is 0 Å². The maximum absolute atomic E-state index is 12.1. The van der Waals surface area contributed by atoms with Crippen LogP contribution >= 0.6 is 11.8 Å². The third kappa shape index (κ3) is 3.18. The van der Waals surface area contributed by atoms with E-state index in [4.69, 9.17) is 4.74 Å². The summed E-state index contributed by atoms with van der Waals surface area (Å²) in [4.78, 5) is 18.9. The summed E-state index contributed by atoms with van der Waals surface area (Å²) in [5.41, 5.74) is 0.624. The number of amides is 1. The van der Waals surface area contributed by atoms with E-state index in [1.807, 2.05) is 19.9 Å². The second-order valence-corrected chi connectivity index (χ2v) is 6.54. The zero-order valence-corrected chi connectivity index (χ0v) is 13.3. The number of para-hydroxylation sites is 1. The molecule has 0 bridgehead atoms. The maximum Gasteiger partial charge on any atom is 0.286 e. The fraction of sp³-hybridized carbons (Fsp3) is 0.375. The van der Waals surface area contributed by atoms with Crippen molar-refractivity contribution in [3.05, 3.63) is 34.7 Å². The van der Waals surface area contributed by atoms with Crippen LogP contribution in [-0.4, -0.2) is 46.4 Å². The van der Waals surface area contributed by atoms with E-state index in [-0.39, 0.29) is 23.9 Å². The number of amidine groups is 1. The molecule has 1 saturated heterocycles. The molecule has 5 nitrogen and oxygen atoms in total. The zero-order valence-electron chi connectivity index (χ0n) is 12.5. The molecule has 3 rings (SSSR count). The quantitative estimate of drug-likeness (QED) is 0.806. The number of phenols is 1. The van der Waals surface area contributed by atoms with E-state index in [1.165, 1.54) is 11.8 Å². The lowest BCUT2D eigenvalue weighted by Crippen LogP contribution is -2.47. The summed E-state index contributed by atoms with van der Waals surface area (Å²) in [6.07, 6.45) is 1.92. The summed E-state index contributed by atoms with van der Waals surface area (Å²) >= 11 is 1.35. The van der Waals surface area contributed by atoms with Crippen LogP contribution in [0.25, 0.3) is 6.08 Å². The van der Waals surface area contributed by atoms with Crippen molar-refractivity contribution in [3.8, 4) is 5.75 Å². The molecule has 6 heteroatoms. The molecule has 0 aromatic heterocycles. The van der Waals surface area contributed by atoms with E-state index in [0.717, 1.165) is 13.1 Å². The minimum absolute atomic E-state index is 0.119. The number of phenolic OH excluding ortho intramolecular Hbond substituents is 1. The molecule has 1 N–H and O–H groups in total. The molecular weight excluding hydrogens is 300 g/mol. The van der Waals surface area contributed by atoms with Crippen LogP contribution in [-0.2, 0) is 9.53 Å². The van der Waals surface area contributed by atoms with Gasteiger partial charge < -0.3 is 14.7 Å². The molecule has 0 saturated carbocycles. The molecule has 0 spiro atoms. The first-order valence-electron chi connectivity index (χ1n) is 7.24. The summed E-state index contributed by atoms with van der Waals surface area (Å²) in [5.74, 6) is -0.0967. The molecule has 0 radical (unpaired) electrons. The first-order valence-corrected chi connectivity index (χ1v) is 8.05. The Morgan fingerprint density at radius 3 is 2.68 bits per heavy atom. The van der Waals surface area contributed by atoms with Gasteiger partial charge in [0.25, 0.3) is 5.91 Å². The highest BCUT2D eigenvalue weighted by Gasteiger charge is 2.31. The first kappa shape index (κ1) is 15.1. The normalized spacial score (nSPS) is 27.4. The molecule has 1 aromatic carbocycles. The molecule has 2 aliphatic heterocycles. The van der Waals surface area contributed by atoms with E-state index >= 15 is 0 Å². The van der Waals surface area contributed by atoms with Gasteiger partial charge in [0.1, 0.15) is 5.75 Å². The van der Waals surface area contributed by atoms with Gasteiger partial charge in [-0.15, -0.1) is 0 Å². The molecule has 1 aromatic rings. The standard InChI is InChI=1S/C16H18N2O3S/c1-10-8-18(9-11(2)21-10)16-17-15(20)14(22-16)7-12-5-3-4-6-13(12)19/h3-7,10-11,19H,8-9H2,1-2H3/b14-7-/t10-,11-/m1/s1. The number of ether oxygens (including phenoxy) is 1. The van der Waals surface area contributed by atoms with Gasteiger partial charge in [0.05, 0.1) is 17.1 Å². The van der Waals surface area contributed by atoms with E-state index in [9.17, 15) is 9.90 Å². The van der Waals surface area contributed by atoms with Crippen molar-refractivity contribution in [1.82, 2.24) is 4.90 Å². The van der Waals surface area contributed by atoms with Crippen molar-refractivity contribution in [3.63, 3.8) is 0 Å². The Balaban J connectivity index is 1.78. The number of morpholine rings is 1. The van der Waals surface area contributed by atoms with Gasteiger partial charge in [-0.25, -0.2) is 0 Å². The molecule has 2 aliphatic rings. The van der Waals surface area contributed by atoms with E-state index in [0.29, 0.717) is 15.6 Å². The Hall–Kier alpha value is -1.79. The lowest BCUT2D eigenvalue weighted by Gasteiger charge is -2.35. The van der Waals surface area contributed by atoms with Crippen LogP contribution in [0.4, 0.5) is 0 Å². The molecular formula is C16H18N2O3S. The Kier molecular flexibility index (Phi) is 4.22. The predicted molar refractivity (Wildman–Crippen MR) is 87.7 cm³/mol. The molecule has 1 fully saturated rings. The van der Waals surface area contributed by atoms with Crippen molar-refractivity contribution in [2.24, 2.45) is 4.99 Å². The van der Waals surface area contributed by atoms with Gasteiger partial charge in [0.15, 0.2) is 5.17 Å². The van der Waals surface area contributed by atoms with Crippen LogP contribution < -0.4 is 0 Å². The Bertz CT molecular complexity index is 647. The average molecular weight is 318 g/mol. The van der Waals surface area contributed by atoms with Crippen molar-refractivity contribution in [2.45, 2.75) is 26.1 Å². The van der Waals surface area contributed by atoms with E-state index in [2.05, 4.69) is 9.89 Å². The topological polar surface area (TPSA) is 62.1 Å². The van der Waals surface area contributed by atoms with E-state index in [1.54, 1.807) is 24.3 Å². The molecule has 116 valence electrons. The number of aromatic hydroxyl groups is 1. The van der Waals surface area contributed by atoms with Gasteiger partial charge in [-0.1, -0.05) is 18.2 Å². The summed E-state index contributed by atoms with van der Waals surface area (Å²) < 4.78 is 5.70. The largest absolute Gasteiger partial charge is 0.507 e. The van der Waals surface area contributed by atoms with Gasteiger partial charge in [-0.3, -0.25) is 4.79 Å². The fourth-order valence-corrected chi connectivity index (χ4v) is 3.54. The third-order valence-corrected chi connectivity index (χ3v) is 4.57. The van der Waals surface area contributed by atoms with Crippen molar-refractivity contribution in [2.75, 3.05) is 13.1 Å². The monoisotopic (exact) mass is 318 g/mol. The number of hydrogen-bond acceptors (Lipinski definition) is 5. The molecule has 22 heavy (non-hydrogen) atoms. The van der Waals surface area contributed by atoms with Crippen LogP contribution in [0.15, 0.2) is 34.2 Å². The maximum atomic E-state index is 12.1. The molecule has 1 amide bonds. The number of aliphatic imine (C=N–C) groups is 1. The van der Waals surface area contributed by atoms with Crippen molar-refractivity contribution in [1.29, 1.82) is 0 Å². The lowest BCUT2D eigenvalue weighted by molar-refractivity contribution is -0.113. The minimum atomic E-state index is -0.255. The first-order chi connectivity index (χ1) is 10.5. The van der Waals surface area contributed by atoms with Crippen molar-refractivity contribution < 1.29 is 14.6 Å². The van der Waals surface area contributed by atoms with Gasteiger partial charge in [-0.05, 0) is 37.8 Å². The van der Waals surface area contributed by atoms with Crippen LogP contribution in [0.3, 0.4) is 0 Å². The second-order valence-electron chi connectivity index (χ2n) is 5.53. The van der Waals surface area contributed by atoms with Gasteiger partial charge >= 0.3 is 0 Å². The number of carbonyl (C=O) groups is 1. The lowest BCUT2D eigenvalue weighted by atomic mass is 10.2. The van der Waals surface area contributed by atoms with Crippen molar-refractivity contribution >= 4 is 28.9 Å². The smallest absolute Gasteiger partial charge is 0.286 e. The Labute approximate surface area is 133 Å². The highest BCUT2D eigenvalue weighted by atomic mass is 32.2. The predicted octanol–water partition coefficient (Wildman–Crippen LogP) is 2.47. The summed E-state index contributed by atoms with van der Waals surface area (Å²) in [7, 11) is 0. The highest BCUT2D eigenvalue weighted by molar-refractivity contribution is 8.18. The summed E-state index contributed by atoms with van der Waals surface area (Å²) in [5, 5.41) is 10.5. The van der Waals surface area contributed by atoms with Gasteiger partial charge in [-0.2, -0.15) is 4.99 Å². The minimum Gasteiger partial charge on any atom is -0.507 e. The van der Waals surface area contributed by atoms with Crippen LogP contribution in [0, 0.1) is 0 Å². The molecule has 0 unspecified atom stereocenters.